The molecule has 2 heterocycles. The zero-order chi connectivity index (χ0) is 21.3. The predicted molar refractivity (Wildman–Crippen MR) is 110 cm³/mol. The molecule has 1 aromatic heterocycles. The molecule has 10 heteroatoms. The van der Waals surface area contributed by atoms with Crippen molar-refractivity contribution in [2.45, 2.75) is 0 Å². The Morgan fingerprint density at radius 3 is 2.50 bits per heavy atom. The SMILES string of the molecule is O=C(C=Cc1ccc([N+](=O)[O-])cc1)N1CCN(c2nc3c(F)cc(F)cc3s2)CC1. The van der Waals surface area contributed by atoms with Crippen LogP contribution < -0.4 is 4.90 Å². The minimum absolute atomic E-state index is 0.00735. The van der Waals surface area contributed by atoms with Crippen LogP contribution in [0.2, 0.25) is 0 Å². The number of aromatic nitrogens is 1. The maximum absolute atomic E-state index is 13.9. The number of nitro benzene ring substituents is 1. The number of non-ortho nitro benzene ring substituents is 1. The van der Waals surface area contributed by atoms with Crippen molar-refractivity contribution in [2.24, 2.45) is 0 Å². The average molecular weight is 430 g/mol. The minimum Gasteiger partial charge on any atom is -0.345 e. The van der Waals surface area contributed by atoms with Crippen molar-refractivity contribution in [1.82, 2.24) is 9.88 Å². The van der Waals surface area contributed by atoms with Crippen LogP contribution in [0.5, 0.6) is 0 Å². The normalized spacial score (nSPS) is 14.6. The van der Waals surface area contributed by atoms with Gasteiger partial charge in [0, 0.05) is 50.5 Å². The number of anilines is 1. The zero-order valence-electron chi connectivity index (χ0n) is 15.6. The molecule has 4 rings (SSSR count). The number of fused-ring (bicyclic) bond motifs is 1. The third kappa shape index (κ3) is 4.13. The van der Waals surface area contributed by atoms with E-state index in [2.05, 4.69) is 4.98 Å². The summed E-state index contributed by atoms with van der Waals surface area (Å²) in [7, 11) is 0. The number of nitro groups is 1. The Balaban J connectivity index is 1.37. The summed E-state index contributed by atoms with van der Waals surface area (Å²) in [6.45, 7) is 1.99. The Morgan fingerprint density at radius 2 is 1.83 bits per heavy atom. The summed E-state index contributed by atoms with van der Waals surface area (Å²) in [5.41, 5.74) is 0.837. The van der Waals surface area contributed by atoms with Crippen molar-refractivity contribution in [3.05, 3.63) is 69.8 Å². The van der Waals surface area contributed by atoms with Crippen molar-refractivity contribution in [3.8, 4) is 0 Å². The molecule has 0 unspecified atom stereocenters. The largest absolute Gasteiger partial charge is 0.345 e. The molecule has 0 N–H and O–H groups in total. The number of amides is 1. The number of piperazine rings is 1. The molecule has 154 valence electrons. The highest BCUT2D eigenvalue weighted by Gasteiger charge is 2.22. The van der Waals surface area contributed by atoms with E-state index in [9.17, 15) is 23.7 Å². The summed E-state index contributed by atoms with van der Waals surface area (Å²) in [6, 6.07) is 8.01. The standard InChI is InChI=1S/C20H16F2N4O3S/c21-14-11-16(22)19-17(12-14)30-20(23-19)25-9-7-24(8-10-25)18(27)6-3-13-1-4-15(5-2-13)26(28)29/h1-6,11-12H,7-10H2. The summed E-state index contributed by atoms with van der Waals surface area (Å²) < 4.78 is 27.7. The molecule has 1 saturated heterocycles. The van der Waals surface area contributed by atoms with Gasteiger partial charge in [0.1, 0.15) is 11.3 Å². The topological polar surface area (TPSA) is 79.6 Å². The molecular formula is C20H16F2N4O3S. The molecule has 30 heavy (non-hydrogen) atoms. The second-order valence-electron chi connectivity index (χ2n) is 6.73. The van der Waals surface area contributed by atoms with Crippen LogP contribution in [0.15, 0.2) is 42.5 Å². The number of nitrogens with zero attached hydrogens (tertiary/aromatic N) is 4. The smallest absolute Gasteiger partial charge is 0.269 e. The van der Waals surface area contributed by atoms with Gasteiger partial charge >= 0.3 is 0 Å². The molecule has 0 atom stereocenters. The molecule has 3 aromatic rings. The van der Waals surface area contributed by atoms with Gasteiger partial charge in [0.05, 0.1) is 9.62 Å². The molecule has 1 amide bonds. The third-order valence-corrected chi connectivity index (χ3v) is 5.85. The zero-order valence-corrected chi connectivity index (χ0v) is 16.4. The summed E-state index contributed by atoms with van der Waals surface area (Å²) in [5, 5.41) is 11.3. The van der Waals surface area contributed by atoms with E-state index in [0.29, 0.717) is 41.6 Å². The van der Waals surface area contributed by atoms with Crippen LogP contribution in [-0.4, -0.2) is 46.9 Å². The van der Waals surface area contributed by atoms with E-state index in [1.165, 1.54) is 35.6 Å². The Kier molecular flexibility index (Phi) is 5.40. The van der Waals surface area contributed by atoms with Crippen LogP contribution in [0.3, 0.4) is 0 Å². The molecule has 1 aliphatic heterocycles. The first kappa shape index (κ1) is 19.9. The summed E-state index contributed by atoms with van der Waals surface area (Å²) in [4.78, 5) is 30.5. The molecule has 0 spiro atoms. The number of hydrogen-bond acceptors (Lipinski definition) is 6. The monoisotopic (exact) mass is 430 g/mol. The highest BCUT2D eigenvalue weighted by atomic mass is 32.1. The number of benzene rings is 2. The van der Waals surface area contributed by atoms with E-state index in [0.717, 1.165) is 6.07 Å². The van der Waals surface area contributed by atoms with Gasteiger partial charge in [-0.1, -0.05) is 11.3 Å². The fourth-order valence-corrected chi connectivity index (χ4v) is 4.24. The van der Waals surface area contributed by atoms with Crippen LogP contribution in [0.4, 0.5) is 19.6 Å². The van der Waals surface area contributed by atoms with Crippen LogP contribution in [-0.2, 0) is 4.79 Å². The molecule has 0 aliphatic carbocycles. The number of rotatable bonds is 4. The van der Waals surface area contributed by atoms with E-state index < -0.39 is 16.6 Å². The van der Waals surface area contributed by atoms with Gasteiger partial charge in [-0.15, -0.1) is 0 Å². The van der Waals surface area contributed by atoms with E-state index >= 15 is 0 Å². The molecule has 0 saturated carbocycles. The number of hydrogen-bond donors (Lipinski definition) is 0. The first-order valence-corrected chi connectivity index (χ1v) is 9.94. The fourth-order valence-electron chi connectivity index (χ4n) is 3.18. The molecule has 1 aliphatic rings. The third-order valence-electron chi connectivity index (χ3n) is 4.79. The van der Waals surface area contributed by atoms with E-state index in [-0.39, 0.29) is 17.1 Å². The lowest BCUT2D eigenvalue weighted by Gasteiger charge is -2.34. The van der Waals surface area contributed by atoms with Gasteiger partial charge in [-0.25, -0.2) is 13.8 Å². The second-order valence-corrected chi connectivity index (χ2v) is 7.73. The predicted octanol–water partition coefficient (Wildman–Crippen LogP) is 3.84. The van der Waals surface area contributed by atoms with Crippen molar-refractivity contribution >= 4 is 44.4 Å². The first-order valence-electron chi connectivity index (χ1n) is 9.13. The van der Waals surface area contributed by atoms with Crippen LogP contribution in [0, 0.1) is 21.7 Å². The van der Waals surface area contributed by atoms with E-state index in [1.807, 2.05) is 4.90 Å². The minimum atomic E-state index is -0.683. The number of thiazole rings is 1. The second kappa shape index (κ2) is 8.15. The Morgan fingerprint density at radius 1 is 1.13 bits per heavy atom. The lowest BCUT2D eigenvalue weighted by molar-refractivity contribution is -0.384. The summed E-state index contributed by atoms with van der Waals surface area (Å²) in [5.74, 6) is -1.48. The molecule has 2 aromatic carbocycles. The lowest BCUT2D eigenvalue weighted by Crippen LogP contribution is -2.48. The fraction of sp³-hybridized carbons (Fsp3) is 0.200. The van der Waals surface area contributed by atoms with Gasteiger partial charge in [0.25, 0.3) is 5.69 Å². The van der Waals surface area contributed by atoms with Gasteiger partial charge in [-0.3, -0.25) is 14.9 Å². The molecule has 0 bridgehead atoms. The maximum atomic E-state index is 13.9. The van der Waals surface area contributed by atoms with Crippen molar-refractivity contribution < 1.29 is 18.5 Å². The van der Waals surface area contributed by atoms with Gasteiger partial charge in [0.15, 0.2) is 10.9 Å². The number of carbonyl (C=O) groups excluding carboxylic acids is 1. The quantitative estimate of drug-likeness (QED) is 0.357. The van der Waals surface area contributed by atoms with E-state index in [1.54, 1.807) is 23.1 Å². The van der Waals surface area contributed by atoms with Crippen LogP contribution in [0.25, 0.3) is 16.3 Å². The average Bonchev–Trinajstić information content (AvgIpc) is 3.17. The Labute approximate surface area is 174 Å². The Bertz CT molecular complexity index is 1140. The summed E-state index contributed by atoms with van der Waals surface area (Å²) in [6.07, 6.45) is 3.05. The molecule has 7 nitrogen and oxygen atoms in total. The van der Waals surface area contributed by atoms with Gasteiger partial charge in [0.2, 0.25) is 5.91 Å². The van der Waals surface area contributed by atoms with Crippen molar-refractivity contribution in [2.75, 3.05) is 31.1 Å². The molecular weight excluding hydrogens is 414 g/mol. The number of halogens is 2. The maximum Gasteiger partial charge on any atom is 0.269 e. The lowest BCUT2D eigenvalue weighted by atomic mass is 10.2. The van der Waals surface area contributed by atoms with Crippen molar-refractivity contribution in [1.29, 1.82) is 0 Å². The van der Waals surface area contributed by atoms with Crippen molar-refractivity contribution in [3.63, 3.8) is 0 Å². The van der Waals surface area contributed by atoms with Crippen LogP contribution >= 0.6 is 11.3 Å². The van der Waals surface area contributed by atoms with Gasteiger partial charge < -0.3 is 9.80 Å². The number of carbonyl (C=O) groups is 1. The first-order chi connectivity index (χ1) is 14.4. The Hall–Kier alpha value is -3.40. The highest BCUT2D eigenvalue weighted by molar-refractivity contribution is 7.22. The van der Waals surface area contributed by atoms with Gasteiger partial charge in [-0.2, -0.15) is 0 Å². The molecule has 1 fully saturated rings. The van der Waals surface area contributed by atoms with Crippen LogP contribution in [0.1, 0.15) is 5.56 Å². The van der Waals surface area contributed by atoms with E-state index in [4.69, 9.17) is 0 Å². The summed E-state index contributed by atoms with van der Waals surface area (Å²) >= 11 is 1.22. The molecule has 0 radical (unpaired) electrons. The highest BCUT2D eigenvalue weighted by Crippen LogP contribution is 2.31. The van der Waals surface area contributed by atoms with Gasteiger partial charge in [-0.05, 0) is 29.8 Å².